The highest BCUT2D eigenvalue weighted by Crippen LogP contribution is 2.72. The fraction of sp³-hybridized carbons (Fsp3) is 0.812. The molecule has 22 heavy (non-hydrogen) atoms. The predicted molar refractivity (Wildman–Crippen MR) is 74.9 cm³/mol. The summed E-state index contributed by atoms with van der Waals surface area (Å²) in [7, 11) is 0. The van der Waals surface area contributed by atoms with Gasteiger partial charge < -0.3 is 24.4 Å². The zero-order chi connectivity index (χ0) is 15.9. The van der Waals surface area contributed by atoms with Crippen LogP contribution in [0.4, 0.5) is 0 Å². The van der Waals surface area contributed by atoms with Crippen LogP contribution < -0.4 is 0 Å². The van der Waals surface area contributed by atoms with Crippen LogP contribution in [0.3, 0.4) is 0 Å². The molecular weight excluding hydrogens is 288 g/mol. The number of cyclic esters (lactones) is 1. The Balaban J connectivity index is 1.61. The summed E-state index contributed by atoms with van der Waals surface area (Å²) in [5.41, 5.74) is 0.0116. The average Bonchev–Trinajstić information content (AvgIpc) is 3.10. The van der Waals surface area contributed by atoms with E-state index in [2.05, 4.69) is 20.8 Å². The van der Waals surface area contributed by atoms with Crippen molar-refractivity contribution in [3.05, 3.63) is 11.5 Å². The summed E-state index contributed by atoms with van der Waals surface area (Å²) < 4.78 is 17.3. The van der Waals surface area contributed by atoms with Gasteiger partial charge in [0.25, 0.3) is 0 Å². The number of esters is 1. The lowest BCUT2D eigenvalue weighted by molar-refractivity contribution is -0.250. The molecule has 2 N–H and O–H groups in total. The van der Waals surface area contributed by atoms with E-state index in [0.29, 0.717) is 5.92 Å². The van der Waals surface area contributed by atoms with Crippen LogP contribution >= 0.6 is 0 Å². The monoisotopic (exact) mass is 310 g/mol. The summed E-state index contributed by atoms with van der Waals surface area (Å²) in [5, 5.41) is 19.3. The first-order chi connectivity index (χ1) is 10.2. The molecule has 0 amide bonds. The lowest BCUT2D eigenvalue weighted by atomic mass is 9.68. The van der Waals surface area contributed by atoms with Crippen molar-refractivity contribution in [2.45, 2.75) is 58.0 Å². The maximum atomic E-state index is 11.4. The number of aliphatic hydroxyl groups excluding tert-OH is 2. The van der Waals surface area contributed by atoms with E-state index in [1.807, 2.05) is 0 Å². The first kappa shape index (κ1) is 14.3. The van der Waals surface area contributed by atoms with Crippen molar-refractivity contribution < 1.29 is 29.2 Å². The Bertz CT molecular complexity index is 581. The molecule has 2 aliphatic heterocycles. The maximum absolute atomic E-state index is 11.4. The van der Waals surface area contributed by atoms with Crippen molar-refractivity contribution in [3.63, 3.8) is 0 Å². The Hall–Kier alpha value is -1.27. The van der Waals surface area contributed by atoms with Crippen LogP contribution in [0.2, 0.25) is 0 Å². The van der Waals surface area contributed by atoms with Gasteiger partial charge in [-0.25, -0.2) is 4.79 Å². The summed E-state index contributed by atoms with van der Waals surface area (Å²) in [4.78, 5) is 11.4. The van der Waals surface area contributed by atoms with Crippen molar-refractivity contribution in [1.82, 2.24) is 0 Å². The quantitative estimate of drug-likeness (QED) is 0.722. The summed E-state index contributed by atoms with van der Waals surface area (Å²) in [5.74, 6) is -2.24. The van der Waals surface area contributed by atoms with Crippen LogP contribution in [0, 0.1) is 16.7 Å². The van der Waals surface area contributed by atoms with Gasteiger partial charge in [-0.05, 0) is 24.2 Å². The van der Waals surface area contributed by atoms with Gasteiger partial charge in [-0.1, -0.05) is 20.8 Å². The fourth-order valence-electron chi connectivity index (χ4n) is 4.98. The second kappa shape index (κ2) is 3.97. The zero-order valence-electron chi connectivity index (χ0n) is 13.1. The molecule has 0 aromatic rings. The minimum atomic E-state index is -0.974. The Kier molecular flexibility index (Phi) is 2.59. The second-order valence-electron chi connectivity index (χ2n) is 7.77. The third kappa shape index (κ3) is 1.41. The molecule has 2 bridgehead atoms. The standard InChI is InChI=1S/C16H22O6/c1-14(2)8-4-5-15(14,3)16(6-8)20-7-9(22-16)12-10(17)11(18)13(19)21-12/h8-9,12,17-18H,4-7H2,1-3H3. The average molecular weight is 310 g/mol. The van der Waals surface area contributed by atoms with Crippen LogP contribution in [0.15, 0.2) is 11.5 Å². The number of rotatable bonds is 1. The molecule has 6 nitrogen and oxygen atoms in total. The van der Waals surface area contributed by atoms with Gasteiger partial charge in [0.05, 0.1) is 6.61 Å². The van der Waals surface area contributed by atoms with E-state index in [9.17, 15) is 15.0 Å². The Morgan fingerprint density at radius 2 is 1.95 bits per heavy atom. The third-order valence-corrected chi connectivity index (χ3v) is 6.89. The maximum Gasteiger partial charge on any atom is 0.377 e. The molecule has 4 rings (SSSR count). The molecule has 0 aromatic heterocycles. The van der Waals surface area contributed by atoms with Gasteiger partial charge in [0.15, 0.2) is 17.7 Å². The largest absolute Gasteiger partial charge is 0.505 e. The van der Waals surface area contributed by atoms with Gasteiger partial charge in [-0.3, -0.25) is 0 Å². The van der Waals surface area contributed by atoms with Crippen molar-refractivity contribution >= 4 is 5.97 Å². The van der Waals surface area contributed by atoms with E-state index < -0.39 is 35.5 Å². The lowest BCUT2D eigenvalue weighted by Crippen LogP contribution is -2.49. The second-order valence-corrected chi connectivity index (χ2v) is 7.77. The predicted octanol–water partition coefficient (Wildman–Crippen LogP) is 2.20. The highest BCUT2D eigenvalue weighted by molar-refractivity contribution is 5.89. The van der Waals surface area contributed by atoms with E-state index in [1.165, 1.54) is 6.42 Å². The summed E-state index contributed by atoms with van der Waals surface area (Å²) in [6, 6.07) is 0. The van der Waals surface area contributed by atoms with E-state index in [1.54, 1.807) is 0 Å². The lowest BCUT2D eigenvalue weighted by Gasteiger charge is -2.44. The van der Waals surface area contributed by atoms with Crippen molar-refractivity contribution in [2.24, 2.45) is 16.7 Å². The minimum absolute atomic E-state index is 0.108. The van der Waals surface area contributed by atoms with E-state index >= 15 is 0 Å². The van der Waals surface area contributed by atoms with Crippen LogP contribution in [-0.2, 0) is 19.0 Å². The van der Waals surface area contributed by atoms with Crippen molar-refractivity contribution in [1.29, 1.82) is 0 Å². The molecule has 1 spiro atoms. The van der Waals surface area contributed by atoms with Gasteiger partial charge in [0, 0.05) is 11.8 Å². The Morgan fingerprint density at radius 1 is 1.23 bits per heavy atom. The number of carbonyl (C=O) groups excluding carboxylic acids is 1. The van der Waals surface area contributed by atoms with Gasteiger partial charge in [-0.15, -0.1) is 0 Å². The molecule has 1 saturated heterocycles. The number of aliphatic hydroxyl groups is 2. The Morgan fingerprint density at radius 3 is 2.45 bits per heavy atom. The molecule has 2 heterocycles. The van der Waals surface area contributed by atoms with Crippen LogP contribution in [0.1, 0.15) is 40.0 Å². The van der Waals surface area contributed by atoms with Gasteiger partial charge in [0.1, 0.15) is 6.10 Å². The van der Waals surface area contributed by atoms with Gasteiger partial charge in [-0.2, -0.15) is 0 Å². The molecule has 6 heteroatoms. The minimum Gasteiger partial charge on any atom is -0.505 e. The first-order valence-corrected chi connectivity index (χ1v) is 7.87. The molecule has 0 aromatic carbocycles. The number of ether oxygens (including phenoxy) is 3. The molecule has 122 valence electrons. The topological polar surface area (TPSA) is 85.2 Å². The number of carbonyl (C=O) groups is 1. The van der Waals surface area contributed by atoms with Crippen LogP contribution in [0.5, 0.6) is 0 Å². The van der Waals surface area contributed by atoms with E-state index in [0.717, 1.165) is 12.8 Å². The number of hydrogen-bond acceptors (Lipinski definition) is 6. The molecule has 2 saturated carbocycles. The molecule has 0 radical (unpaired) electrons. The highest BCUT2D eigenvalue weighted by atomic mass is 16.8. The molecule has 2 aliphatic carbocycles. The molecule has 5 unspecified atom stereocenters. The van der Waals surface area contributed by atoms with Gasteiger partial charge >= 0.3 is 5.97 Å². The fourth-order valence-corrected chi connectivity index (χ4v) is 4.98. The van der Waals surface area contributed by atoms with Crippen LogP contribution in [-0.4, -0.2) is 40.8 Å². The smallest absolute Gasteiger partial charge is 0.377 e. The van der Waals surface area contributed by atoms with Gasteiger partial charge in [0.2, 0.25) is 5.76 Å². The molecule has 5 atom stereocenters. The Labute approximate surface area is 129 Å². The SMILES string of the molecule is CC1(C)C2CCC1(C)C1(C2)OCC(C2OC(=O)C(O)=C2O)O1. The molecule has 3 fully saturated rings. The van der Waals surface area contributed by atoms with E-state index in [4.69, 9.17) is 14.2 Å². The molecular formula is C16H22O6. The third-order valence-electron chi connectivity index (χ3n) is 6.89. The summed E-state index contributed by atoms with van der Waals surface area (Å²) in [6.07, 6.45) is 1.48. The normalized spacial score (nSPS) is 49.4. The number of hydrogen-bond donors (Lipinski definition) is 2. The van der Waals surface area contributed by atoms with E-state index in [-0.39, 0.29) is 17.4 Å². The summed E-state index contributed by atoms with van der Waals surface area (Å²) >= 11 is 0. The number of fused-ring (bicyclic) bond motifs is 3. The van der Waals surface area contributed by atoms with Crippen LogP contribution in [0.25, 0.3) is 0 Å². The summed E-state index contributed by atoms with van der Waals surface area (Å²) in [6.45, 7) is 6.97. The molecule has 4 aliphatic rings. The van der Waals surface area contributed by atoms with Crippen molar-refractivity contribution in [2.75, 3.05) is 6.61 Å². The van der Waals surface area contributed by atoms with Crippen molar-refractivity contribution in [3.8, 4) is 0 Å². The first-order valence-electron chi connectivity index (χ1n) is 7.87. The highest BCUT2D eigenvalue weighted by Gasteiger charge is 2.73. The zero-order valence-corrected chi connectivity index (χ0v) is 13.1.